The van der Waals surface area contributed by atoms with Gasteiger partial charge < -0.3 is 4.74 Å². The van der Waals surface area contributed by atoms with Gasteiger partial charge in [-0.2, -0.15) is 30.7 Å². The van der Waals surface area contributed by atoms with Gasteiger partial charge in [0.2, 0.25) is 0 Å². The molecule has 0 radical (unpaired) electrons. The molecule has 0 aromatic rings. The molecule has 0 aromatic carbocycles. The maximum atomic E-state index is 14.2. The first-order valence-corrected chi connectivity index (χ1v) is 6.90. The third-order valence-corrected chi connectivity index (χ3v) is 4.01. The van der Waals surface area contributed by atoms with Gasteiger partial charge >= 0.3 is 18.0 Å². The summed E-state index contributed by atoms with van der Waals surface area (Å²) in [4.78, 5) is 11.2. The highest BCUT2D eigenvalue weighted by molar-refractivity contribution is 5.66. The minimum absolute atomic E-state index is 0.0672. The molecule has 0 heterocycles. The van der Waals surface area contributed by atoms with E-state index < -0.39 is 42.4 Å². The van der Waals surface area contributed by atoms with E-state index in [0.29, 0.717) is 19.3 Å². The molecule has 1 aliphatic rings. The van der Waals surface area contributed by atoms with Crippen LogP contribution in [0, 0.1) is 5.92 Å². The molecule has 9 heteroatoms. The minimum atomic E-state index is -6.49. The van der Waals surface area contributed by atoms with Gasteiger partial charge in [-0.3, -0.25) is 4.79 Å². The largest absolute Gasteiger partial charge is 0.460 e. The highest BCUT2D eigenvalue weighted by Crippen LogP contribution is 2.55. The van der Waals surface area contributed by atoms with Crippen LogP contribution >= 0.6 is 0 Å². The van der Waals surface area contributed by atoms with E-state index in [2.05, 4.69) is 4.74 Å². The van der Waals surface area contributed by atoms with E-state index in [0.717, 1.165) is 6.92 Å². The second kappa shape index (κ2) is 6.33. The first-order chi connectivity index (χ1) is 9.98. The summed E-state index contributed by atoms with van der Waals surface area (Å²) in [5.41, 5.74) is -3.48. The lowest BCUT2D eigenvalue weighted by molar-refractivity contribution is -0.390. The maximum Gasteiger partial charge on any atom is 0.460 e. The molecule has 1 unspecified atom stereocenters. The molecule has 0 bridgehead atoms. The lowest BCUT2D eigenvalue weighted by Gasteiger charge is -2.45. The van der Waals surface area contributed by atoms with Crippen molar-refractivity contribution >= 4 is 6.29 Å². The van der Waals surface area contributed by atoms with Gasteiger partial charge in [-0.05, 0) is 19.8 Å². The molecular weight excluding hydrogens is 321 g/mol. The van der Waals surface area contributed by atoms with Crippen molar-refractivity contribution in [1.82, 2.24) is 0 Å². The average Bonchev–Trinajstić information content (AvgIpc) is 2.44. The first-order valence-electron chi connectivity index (χ1n) is 6.90. The van der Waals surface area contributed by atoms with Crippen molar-refractivity contribution in [2.24, 2.45) is 5.92 Å². The predicted molar refractivity (Wildman–Crippen MR) is 62.9 cm³/mol. The van der Waals surface area contributed by atoms with Crippen LogP contribution in [0.5, 0.6) is 0 Å². The molecule has 1 fully saturated rings. The van der Waals surface area contributed by atoms with Gasteiger partial charge in [0.25, 0.3) is 0 Å². The van der Waals surface area contributed by atoms with Crippen molar-refractivity contribution in [3.8, 4) is 0 Å². The van der Waals surface area contributed by atoms with Crippen LogP contribution in [-0.4, -0.2) is 36.5 Å². The molecular formula is C13H17F7O2. The number of carbonyl (C=O) groups excluding carboxylic acids is 1. The Labute approximate surface area is 123 Å². The summed E-state index contributed by atoms with van der Waals surface area (Å²) in [6, 6.07) is 0. The zero-order valence-electron chi connectivity index (χ0n) is 11.9. The fourth-order valence-corrected chi connectivity index (χ4v) is 2.86. The smallest absolute Gasteiger partial charge is 0.361 e. The monoisotopic (exact) mass is 338 g/mol. The zero-order chi connectivity index (χ0) is 17.2. The van der Waals surface area contributed by atoms with E-state index in [1.807, 2.05) is 0 Å². The third-order valence-electron chi connectivity index (χ3n) is 4.01. The molecule has 1 saturated carbocycles. The third kappa shape index (κ3) is 2.83. The molecule has 0 amide bonds. The first kappa shape index (κ1) is 19.2. The molecule has 130 valence electrons. The Kier molecular flexibility index (Phi) is 5.52. The van der Waals surface area contributed by atoms with Crippen LogP contribution in [0.3, 0.4) is 0 Å². The van der Waals surface area contributed by atoms with Crippen LogP contribution in [0.2, 0.25) is 0 Å². The Bertz CT molecular complexity index is 388. The Hall–Kier alpha value is -0.860. The number of hydrogen-bond acceptors (Lipinski definition) is 2. The summed E-state index contributed by atoms with van der Waals surface area (Å²) >= 11 is 0. The number of rotatable bonds is 6. The van der Waals surface area contributed by atoms with Crippen molar-refractivity contribution in [3.05, 3.63) is 0 Å². The Morgan fingerprint density at radius 3 is 1.82 bits per heavy atom. The fraction of sp³-hybridized carbons (Fsp3) is 0.923. The lowest BCUT2D eigenvalue weighted by atomic mass is 9.72. The van der Waals surface area contributed by atoms with Gasteiger partial charge in [0, 0.05) is 12.5 Å². The fourth-order valence-electron chi connectivity index (χ4n) is 2.86. The molecule has 0 N–H and O–H groups in total. The number of halogens is 7. The number of aldehydes is 1. The molecule has 0 aromatic heterocycles. The molecule has 1 atom stereocenters. The van der Waals surface area contributed by atoms with Crippen molar-refractivity contribution < 1.29 is 40.3 Å². The SMILES string of the molecule is CCOC(C=O)(C1CCCCC1)C(F)(F)C(F)(F)C(F)(F)F. The van der Waals surface area contributed by atoms with Crippen LogP contribution in [0.4, 0.5) is 30.7 Å². The molecule has 1 aliphatic carbocycles. The molecule has 0 aliphatic heterocycles. The number of ether oxygens (including phenoxy) is 1. The maximum absolute atomic E-state index is 14.2. The van der Waals surface area contributed by atoms with Gasteiger partial charge in [0.05, 0.1) is 0 Å². The van der Waals surface area contributed by atoms with E-state index in [9.17, 15) is 35.5 Å². The summed E-state index contributed by atoms with van der Waals surface area (Å²) < 4.78 is 96.8. The van der Waals surface area contributed by atoms with Crippen LogP contribution in [0.15, 0.2) is 0 Å². The number of alkyl halides is 7. The van der Waals surface area contributed by atoms with Crippen LogP contribution in [-0.2, 0) is 9.53 Å². The molecule has 1 rings (SSSR count). The second-order valence-electron chi connectivity index (χ2n) is 5.33. The molecule has 0 spiro atoms. The van der Waals surface area contributed by atoms with Crippen LogP contribution in [0.25, 0.3) is 0 Å². The van der Waals surface area contributed by atoms with E-state index in [1.165, 1.54) is 0 Å². The summed E-state index contributed by atoms with van der Waals surface area (Å²) in [7, 11) is 0. The predicted octanol–water partition coefficient (Wildman–Crippen LogP) is 4.37. The Morgan fingerprint density at radius 2 is 1.45 bits per heavy atom. The van der Waals surface area contributed by atoms with Crippen molar-refractivity contribution in [2.45, 2.75) is 62.7 Å². The van der Waals surface area contributed by atoms with Gasteiger partial charge in [-0.25, -0.2) is 0 Å². The summed E-state index contributed by atoms with van der Waals surface area (Å²) in [5, 5.41) is 0. The topological polar surface area (TPSA) is 26.3 Å². The van der Waals surface area contributed by atoms with E-state index in [1.54, 1.807) is 0 Å². The number of carbonyl (C=O) groups is 1. The van der Waals surface area contributed by atoms with Gasteiger partial charge in [-0.15, -0.1) is 0 Å². The van der Waals surface area contributed by atoms with E-state index in [4.69, 9.17) is 0 Å². The average molecular weight is 338 g/mol. The summed E-state index contributed by atoms with van der Waals surface area (Å²) in [6.45, 7) is 0.571. The van der Waals surface area contributed by atoms with Crippen molar-refractivity contribution in [2.75, 3.05) is 6.61 Å². The Balaban J connectivity index is 3.38. The van der Waals surface area contributed by atoms with Gasteiger partial charge in [0.15, 0.2) is 11.9 Å². The molecule has 2 nitrogen and oxygen atoms in total. The second-order valence-corrected chi connectivity index (χ2v) is 5.33. The molecule has 0 saturated heterocycles. The van der Waals surface area contributed by atoms with E-state index in [-0.39, 0.29) is 12.8 Å². The summed E-state index contributed by atoms with van der Waals surface area (Å²) in [6.07, 6.45) is -5.84. The van der Waals surface area contributed by atoms with Crippen molar-refractivity contribution in [1.29, 1.82) is 0 Å². The van der Waals surface area contributed by atoms with E-state index >= 15 is 0 Å². The number of hydrogen-bond donors (Lipinski definition) is 0. The minimum Gasteiger partial charge on any atom is -0.361 e. The standard InChI is InChI=1S/C13H17F7O2/c1-2-22-10(8-21,9-6-4-3-5-7-9)11(14,15)12(16,17)13(18,19)20/h8-9H,2-7H2,1H3. The van der Waals surface area contributed by atoms with Crippen LogP contribution in [0.1, 0.15) is 39.0 Å². The normalized spacial score (nSPS) is 21.5. The highest BCUT2D eigenvalue weighted by atomic mass is 19.4. The highest BCUT2D eigenvalue weighted by Gasteiger charge is 2.81. The van der Waals surface area contributed by atoms with Crippen LogP contribution < -0.4 is 0 Å². The quantitative estimate of drug-likeness (QED) is 0.531. The van der Waals surface area contributed by atoms with Crippen molar-refractivity contribution in [3.63, 3.8) is 0 Å². The lowest BCUT2D eigenvalue weighted by Crippen LogP contribution is -2.68. The van der Waals surface area contributed by atoms with Gasteiger partial charge in [-0.1, -0.05) is 19.3 Å². The van der Waals surface area contributed by atoms with Gasteiger partial charge in [0.1, 0.15) is 0 Å². The molecule has 22 heavy (non-hydrogen) atoms. The Morgan fingerprint density at radius 1 is 0.955 bits per heavy atom. The summed E-state index contributed by atoms with van der Waals surface area (Å²) in [5.74, 6) is -13.5. The zero-order valence-corrected chi connectivity index (χ0v) is 11.9.